The van der Waals surface area contributed by atoms with E-state index in [1.807, 2.05) is 41.3 Å². The molecule has 2 aromatic rings. The van der Waals surface area contributed by atoms with Crippen LogP contribution in [0.15, 0.2) is 40.9 Å². The number of hydrogen-bond acceptors (Lipinski definition) is 4. The van der Waals surface area contributed by atoms with Gasteiger partial charge in [-0.3, -0.25) is 4.79 Å². The normalized spacial score (nSPS) is 21.5. The van der Waals surface area contributed by atoms with Gasteiger partial charge in [0.15, 0.2) is 11.5 Å². The Kier molecular flexibility index (Phi) is 3.03. The van der Waals surface area contributed by atoms with Crippen LogP contribution in [0.1, 0.15) is 34.9 Å². The topological polar surface area (TPSA) is 50.8 Å². The summed E-state index contributed by atoms with van der Waals surface area (Å²) in [6.45, 7) is 0.226. The number of carbonyl (C=O) groups excluding carboxylic acids is 1. The highest BCUT2D eigenvalue weighted by atomic mass is 79.9. The number of fused-ring (bicyclic) bond motifs is 2. The standard InChI is InChI=1S/C18H15BrN2O3/c19-13-7-10(8-15-16(13)24-9-23-15)17-20-14-4-2-1-3-12(14)18(22)21(17)11-5-6-11/h1-4,7-8,11,17,20H,5-6,9H2/t17-/m1/s1. The minimum Gasteiger partial charge on any atom is -0.454 e. The van der Waals surface area contributed by atoms with Gasteiger partial charge in [-0.25, -0.2) is 0 Å². The van der Waals surface area contributed by atoms with E-state index in [1.54, 1.807) is 0 Å². The van der Waals surface area contributed by atoms with Gasteiger partial charge in [0, 0.05) is 11.7 Å². The van der Waals surface area contributed by atoms with Crippen LogP contribution in [0, 0.1) is 0 Å². The van der Waals surface area contributed by atoms with Crippen LogP contribution in [-0.2, 0) is 0 Å². The maximum atomic E-state index is 13.0. The Morgan fingerprint density at radius 1 is 1.17 bits per heavy atom. The zero-order chi connectivity index (χ0) is 16.3. The molecule has 1 atom stereocenters. The molecule has 0 spiro atoms. The molecule has 1 N–H and O–H groups in total. The number of benzene rings is 2. The summed E-state index contributed by atoms with van der Waals surface area (Å²) in [4.78, 5) is 15.0. The van der Waals surface area contributed by atoms with Crippen molar-refractivity contribution in [3.63, 3.8) is 0 Å². The van der Waals surface area contributed by atoms with Gasteiger partial charge in [0.1, 0.15) is 6.17 Å². The van der Waals surface area contributed by atoms with E-state index in [0.29, 0.717) is 11.8 Å². The van der Waals surface area contributed by atoms with E-state index in [0.717, 1.165) is 39.9 Å². The second-order valence-electron chi connectivity index (χ2n) is 6.27. The van der Waals surface area contributed by atoms with Gasteiger partial charge in [0.25, 0.3) is 5.91 Å². The van der Waals surface area contributed by atoms with E-state index < -0.39 is 0 Å². The Morgan fingerprint density at radius 2 is 2.00 bits per heavy atom. The van der Waals surface area contributed by atoms with E-state index in [1.165, 1.54) is 0 Å². The molecule has 5 rings (SSSR count). The molecule has 0 radical (unpaired) electrons. The summed E-state index contributed by atoms with van der Waals surface area (Å²) in [5.74, 6) is 1.52. The molecule has 5 nitrogen and oxygen atoms in total. The number of rotatable bonds is 2. The molecule has 0 bridgehead atoms. The predicted octanol–water partition coefficient (Wildman–Crippen LogP) is 3.91. The minimum atomic E-state index is -0.203. The van der Waals surface area contributed by atoms with Crippen molar-refractivity contribution in [2.45, 2.75) is 25.0 Å². The first-order valence-electron chi connectivity index (χ1n) is 7.99. The number of anilines is 1. The fraction of sp³-hybridized carbons (Fsp3) is 0.278. The second-order valence-corrected chi connectivity index (χ2v) is 7.13. The zero-order valence-corrected chi connectivity index (χ0v) is 14.4. The van der Waals surface area contributed by atoms with Gasteiger partial charge in [-0.1, -0.05) is 12.1 Å². The minimum absolute atomic E-state index is 0.0886. The molecule has 3 aliphatic rings. The Balaban J connectivity index is 1.62. The lowest BCUT2D eigenvalue weighted by atomic mass is 10.0. The molecule has 1 aliphatic carbocycles. The van der Waals surface area contributed by atoms with Crippen molar-refractivity contribution in [3.8, 4) is 11.5 Å². The zero-order valence-electron chi connectivity index (χ0n) is 12.8. The first kappa shape index (κ1) is 14.2. The van der Waals surface area contributed by atoms with Crippen LogP contribution in [0.5, 0.6) is 11.5 Å². The molecule has 0 unspecified atom stereocenters. The van der Waals surface area contributed by atoms with Gasteiger partial charge in [0.2, 0.25) is 6.79 Å². The third-order valence-electron chi connectivity index (χ3n) is 4.67. The first-order chi connectivity index (χ1) is 11.7. The lowest BCUT2D eigenvalue weighted by molar-refractivity contribution is 0.0666. The Hall–Kier alpha value is -2.21. The highest BCUT2D eigenvalue weighted by Crippen LogP contribution is 2.45. The highest BCUT2D eigenvalue weighted by Gasteiger charge is 2.42. The van der Waals surface area contributed by atoms with E-state index >= 15 is 0 Å². The monoisotopic (exact) mass is 386 g/mol. The molecular formula is C18H15BrN2O3. The van der Waals surface area contributed by atoms with Crippen LogP contribution in [0.4, 0.5) is 5.69 Å². The van der Waals surface area contributed by atoms with Crippen molar-refractivity contribution in [2.24, 2.45) is 0 Å². The molecular weight excluding hydrogens is 372 g/mol. The molecule has 2 aromatic carbocycles. The summed E-state index contributed by atoms with van der Waals surface area (Å²) in [6, 6.07) is 11.9. The maximum absolute atomic E-state index is 13.0. The van der Waals surface area contributed by atoms with Gasteiger partial charge in [-0.2, -0.15) is 0 Å². The Morgan fingerprint density at radius 3 is 2.83 bits per heavy atom. The highest BCUT2D eigenvalue weighted by molar-refractivity contribution is 9.10. The van der Waals surface area contributed by atoms with Crippen molar-refractivity contribution in [3.05, 3.63) is 52.0 Å². The van der Waals surface area contributed by atoms with E-state index in [9.17, 15) is 4.79 Å². The molecule has 122 valence electrons. The quantitative estimate of drug-likeness (QED) is 0.849. The number of amides is 1. The molecule has 0 aromatic heterocycles. The van der Waals surface area contributed by atoms with E-state index in [2.05, 4.69) is 21.2 Å². The van der Waals surface area contributed by atoms with Gasteiger partial charge in [-0.15, -0.1) is 0 Å². The van der Waals surface area contributed by atoms with Crippen LogP contribution in [-0.4, -0.2) is 23.6 Å². The van der Waals surface area contributed by atoms with Crippen LogP contribution in [0.25, 0.3) is 0 Å². The maximum Gasteiger partial charge on any atom is 0.258 e. The van der Waals surface area contributed by atoms with Crippen molar-refractivity contribution in [1.82, 2.24) is 4.90 Å². The average Bonchev–Trinajstić information content (AvgIpc) is 3.30. The number of halogens is 1. The molecule has 2 heterocycles. The van der Waals surface area contributed by atoms with Gasteiger partial charge in [-0.05, 0) is 58.6 Å². The smallest absolute Gasteiger partial charge is 0.258 e. The van der Waals surface area contributed by atoms with Gasteiger partial charge in [0.05, 0.1) is 10.0 Å². The number of carbonyl (C=O) groups is 1. The van der Waals surface area contributed by atoms with Crippen LogP contribution >= 0.6 is 15.9 Å². The van der Waals surface area contributed by atoms with Gasteiger partial charge >= 0.3 is 0 Å². The lowest BCUT2D eigenvalue weighted by Crippen LogP contribution is -2.44. The summed E-state index contributed by atoms with van der Waals surface area (Å²) >= 11 is 3.55. The molecule has 24 heavy (non-hydrogen) atoms. The van der Waals surface area contributed by atoms with Crippen molar-refractivity contribution < 1.29 is 14.3 Å². The van der Waals surface area contributed by atoms with Crippen molar-refractivity contribution >= 4 is 27.5 Å². The molecule has 1 saturated carbocycles. The third kappa shape index (κ3) is 2.09. The number of nitrogens with one attached hydrogen (secondary N) is 1. The van der Waals surface area contributed by atoms with Gasteiger partial charge < -0.3 is 19.7 Å². The van der Waals surface area contributed by atoms with Crippen molar-refractivity contribution in [1.29, 1.82) is 0 Å². The number of nitrogens with zero attached hydrogens (tertiary/aromatic N) is 1. The predicted molar refractivity (Wildman–Crippen MR) is 92.3 cm³/mol. The average molecular weight is 387 g/mol. The van der Waals surface area contributed by atoms with Crippen molar-refractivity contribution in [2.75, 3.05) is 12.1 Å². The number of para-hydroxylation sites is 1. The second kappa shape index (κ2) is 5.14. The van der Waals surface area contributed by atoms with Crippen LogP contribution < -0.4 is 14.8 Å². The molecule has 2 aliphatic heterocycles. The lowest BCUT2D eigenvalue weighted by Gasteiger charge is -2.38. The summed E-state index contributed by atoms with van der Waals surface area (Å²) in [5.41, 5.74) is 2.60. The number of hydrogen-bond donors (Lipinski definition) is 1. The first-order valence-corrected chi connectivity index (χ1v) is 8.79. The summed E-state index contributed by atoms with van der Waals surface area (Å²) in [5, 5.41) is 3.52. The molecule has 6 heteroatoms. The molecule has 1 fully saturated rings. The largest absolute Gasteiger partial charge is 0.454 e. The fourth-order valence-corrected chi connectivity index (χ4v) is 3.96. The SMILES string of the molecule is O=C1c2ccccc2N[C@@H](c2cc(Br)c3c(c2)OCO3)N1C1CC1. The van der Waals surface area contributed by atoms with Crippen LogP contribution in [0.2, 0.25) is 0 Å². The molecule has 1 amide bonds. The summed E-state index contributed by atoms with van der Waals surface area (Å²) in [7, 11) is 0. The fourth-order valence-electron chi connectivity index (χ4n) is 3.39. The summed E-state index contributed by atoms with van der Waals surface area (Å²) in [6.07, 6.45) is 1.90. The van der Waals surface area contributed by atoms with E-state index in [4.69, 9.17) is 9.47 Å². The van der Waals surface area contributed by atoms with Crippen LogP contribution in [0.3, 0.4) is 0 Å². The summed E-state index contributed by atoms with van der Waals surface area (Å²) < 4.78 is 11.8. The number of ether oxygens (including phenoxy) is 2. The Labute approximate surface area is 147 Å². The third-order valence-corrected chi connectivity index (χ3v) is 5.26. The Bertz CT molecular complexity index is 850. The molecule has 0 saturated heterocycles. The van der Waals surface area contributed by atoms with E-state index in [-0.39, 0.29) is 18.9 Å².